The molecular weight excluding hydrogens is 296 g/mol. The van der Waals surface area contributed by atoms with Crippen molar-refractivity contribution in [1.82, 2.24) is 4.90 Å². The summed E-state index contributed by atoms with van der Waals surface area (Å²) in [5.41, 5.74) is 1.65. The number of ether oxygens (including phenoxy) is 1. The second kappa shape index (κ2) is 5.71. The minimum Gasteiger partial charge on any atom is -0.465 e. The van der Waals surface area contributed by atoms with Crippen LogP contribution in [0.25, 0.3) is 0 Å². The van der Waals surface area contributed by atoms with Gasteiger partial charge in [-0.05, 0) is 41.2 Å². The van der Waals surface area contributed by atoms with Crippen LogP contribution < -0.4 is 4.90 Å². The van der Waals surface area contributed by atoms with Crippen molar-refractivity contribution in [2.45, 2.75) is 0 Å². The fourth-order valence-electron chi connectivity index (χ4n) is 2.04. The maximum absolute atomic E-state index is 11.6. The largest absolute Gasteiger partial charge is 0.465 e. The number of likely N-dealkylation sites (N-methyl/N-ethyl adjacent to an activating group) is 1. The Labute approximate surface area is 116 Å². The summed E-state index contributed by atoms with van der Waals surface area (Å²) >= 11 is 3.38. The molecule has 1 aliphatic heterocycles. The third-order valence-corrected chi connectivity index (χ3v) is 3.92. The summed E-state index contributed by atoms with van der Waals surface area (Å²) in [7, 11) is 3.52. The van der Waals surface area contributed by atoms with E-state index < -0.39 is 0 Å². The minimum atomic E-state index is -0.308. The molecule has 1 fully saturated rings. The number of hydrogen-bond donors (Lipinski definition) is 0. The lowest BCUT2D eigenvalue weighted by molar-refractivity contribution is 0.0599. The molecule has 2 rings (SSSR count). The van der Waals surface area contributed by atoms with Gasteiger partial charge in [0.15, 0.2) is 0 Å². The molecule has 0 N–H and O–H groups in total. The van der Waals surface area contributed by atoms with E-state index in [1.54, 1.807) is 0 Å². The first-order valence-electron chi connectivity index (χ1n) is 5.93. The van der Waals surface area contributed by atoms with Crippen LogP contribution in [-0.4, -0.2) is 51.2 Å². The molecule has 18 heavy (non-hydrogen) atoms. The van der Waals surface area contributed by atoms with Crippen molar-refractivity contribution >= 4 is 27.6 Å². The topological polar surface area (TPSA) is 32.8 Å². The Kier molecular flexibility index (Phi) is 4.24. The van der Waals surface area contributed by atoms with Crippen molar-refractivity contribution in [3.8, 4) is 0 Å². The van der Waals surface area contributed by atoms with Crippen LogP contribution in [0.3, 0.4) is 0 Å². The molecule has 0 spiro atoms. The second-order valence-electron chi connectivity index (χ2n) is 4.45. The van der Waals surface area contributed by atoms with Gasteiger partial charge in [-0.2, -0.15) is 0 Å². The van der Waals surface area contributed by atoms with E-state index in [0.29, 0.717) is 5.56 Å². The summed E-state index contributed by atoms with van der Waals surface area (Å²) in [5, 5.41) is 0. The highest BCUT2D eigenvalue weighted by Gasteiger charge is 2.17. The molecule has 1 heterocycles. The third-order valence-electron chi connectivity index (χ3n) is 3.22. The Bertz CT molecular complexity index is 443. The summed E-state index contributed by atoms with van der Waals surface area (Å²) in [5.74, 6) is -0.308. The van der Waals surface area contributed by atoms with Gasteiger partial charge in [0.05, 0.1) is 12.7 Å². The van der Waals surface area contributed by atoms with E-state index in [0.717, 1.165) is 36.3 Å². The van der Waals surface area contributed by atoms with Crippen LogP contribution in [0.2, 0.25) is 0 Å². The molecule has 98 valence electrons. The van der Waals surface area contributed by atoms with Gasteiger partial charge in [0.25, 0.3) is 0 Å². The Hall–Kier alpha value is -1.07. The highest BCUT2D eigenvalue weighted by Crippen LogP contribution is 2.25. The highest BCUT2D eigenvalue weighted by molar-refractivity contribution is 9.10. The molecule has 0 unspecified atom stereocenters. The molecular formula is C13H17BrN2O2. The molecule has 0 atom stereocenters. The first-order valence-corrected chi connectivity index (χ1v) is 6.72. The number of carbonyl (C=O) groups excluding carboxylic acids is 1. The molecule has 1 aliphatic rings. The van der Waals surface area contributed by atoms with Crippen molar-refractivity contribution in [1.29, 1.82) is 0 Å². The van der Waals surface area contributed by atoms with Crippen LogP contribution >= 0.6 is 15.9 Å². The Morgan fingerprint density at radius 1 is 1.28 bits per heavy atom. The average Bonchev–Trinajstić information content (AvgIpc) is 2.39. The molecule has 4 nitrogen and oxygen atoms in total. The van der Waals surface area contributed by atoms with Gasteiger partial charge in [0, 0.05) is 36.3 Å². The molecule has 1 aromatic carbocycles. The van der Waals surface area contributed by atoms with Crippen molar-refractivity contribution < 1.29 is 9.53 Å². The van der Waals surface area contributed by atoms with Gasteiger partial charge >= 0.3 is 5.97 Å². The van der Waals surface area contributed by atoms with Gasteiger partial charge in [-0.15, -0.1) is 0 Å². The number of anilines is 1. The van der Waals surface area contributed by atoms with Crippen LogP contribution in [0.1, 0.15) is 10.4 Å². The predicted molar refractivity (Wildman–Crippen MR) is 75.2 cm³/mol. The zero-order chi connectivity index (χ0) is 13.1. The lowest BCUT2D eigenvalue weighted by atomic mass is 10.1. The van der Waals surface area contributed by atoms with Crippen LogP contribution in [0, 0.1) is 0 Å². The predicted octanol–water partition coefficient (Wildman–Crippen LogP) is 1.99. The molecule has 0 amide bonds. The van der Waals surface area contributed by atoms with Gasteiger partial charge in [-0.1, -0.05) is 0 Å². The molecule has 1 aromatic rings. The first-order chi connectivity index (χ1) is 8.61. The Morgan fingerprint density at radius 3 is 2.56 bits per heavy atom. The van der Waals surface area contributed by atoms with Crippen LogP contribution in [-0.2, 0) is 4.74 Å². The van der Waals surface area contributed by atoms with Crippen LogP contribution in [0.5, 0.6) is 0 Å². The fraction of sp³-hybridized carbons (Fsp3) is 0.462. The number of benzene rings is 1. The standard InChI is InChI=1S/C13H17BrN2O2/c1-15-5-7-16(8-6-15)10-3-4-12(14)11(9-10)13(17)18-2/h3-4,9H,5-8H2,1-2H3. The summed E-state index contributed by atoms with van der Waals surface area (Å²) in [6.45, 7) is 4.06. The van der Waals surface area contributed by atoms with Gasteiger partial charge < -0.3 is 14.5 Å². The first kappa shape index (κ1) is 13.4. The fourth-order valence-corrected chi connectivity index (χ4v) is 2.45. The van der Waals surface area contributed by atoms with Gasteiger partial charge in [-0.25, -0.2) is 4.79 Å². The summed E-state index contributed by atoms with van der Waals surface area (Å²) in [6, 6.07) is 5.82. The smallest absolute Gasteiger partial charge is 0.339 e. The minimum absolute atomic E-state index is 0.308. The maximum Gasteiger partial charge on any atom is 0.339 e. The number of methoxy groups -OCH3 is 1. The quantitative estimate of drug-likeness (QED) is 0.782. The maximum atomic E-state index is 11.6. The van der Waals surface area contributed by atoms with E-state index in [2.05, 4.69) is 32.8 Å². The normalized spacial score (nSPS) is 16.7. The van der Waals surface area contributed by atoms with E-state index in [1.165, 1.54) is 7.11 Å². The monoisotopic (exact) mass is 312 g/mol. The van der Waals surface area contributed by atoms with Gasteiger partial charge in [-0.3, -0.25) is 0 Å². The Balaban J connectivity index is 2.21. The lowest BCUT2D eigenvalue weighted by Crippen LogP contribution is -2.44. The SMILES string of the molecule is COC(=O)c1cc(N2CCN(C)CC2)ccc1Br. The number of carbonyl (C=O) groups is 1. The molecule has 5 heteroatoms. The third kappa shape index (κ3) is 2.84. The van der Waals surface area contributed by atoms with Crippen LogP contribution in [0.4, 0.5) is 5.69 Å². The Morgan fingerprint density at radius 2 is 1.94 bits per heavy atom. The second-order valence-corrected chi connectivity index (χ2v) is 5.30. The van der Waals surface area contributed by atoms with E-state index in [9.17, 15) is 4.79 Å². The van der Waals surface area contributed by atoms with Crippen molar-refractivity contribution in [3.05, 3.63) is 28.2 Å². The number of esters is 1. The van der Waals surface area contributed by atoms with E-state index in [-0.39, 0.29) is 5.97 Å². The molecule has 1 saturated heterocycles. The number of hydrogen-bond acceptors (Lipinski definition) is 4. The van der Waals surface area contributed by atoms with E-state index in [1.807, 2.05) is 18.2 Å². The van der Waals surface area contributed by atoms with Crippen molar-refractivity contribution in [3.63, 3.8) is 0 Å². The van der Waals surface area contributed by atoms with Crippen molar-refractivity contribution in [2.24, 2.45) is 0 Å². The molecule has 0 radical (unpaired) electrons. The number of nitrogens with zero attached hydrogens (tertiary/aromatic N) is 2. The number of piperazine rings is 1. The summed E-state index contributed by atoms with van der Waals surface area (Å²) < 4.78 is 5.55. The van der Waals surface area contributed by atoms with E-state index >= 15 is 0 Å². The zero-order valence-electron chi connectivity index (χ0n) is 10.6. The number of halogens is 1. The van der Waals surface area contributed by atoms with Crippen molar-refractivity contribution in [2.75, 3.05) is 45.2 Å². The zero-order valence-corrected chi connectivity index (χ0v) is 12.2. The molecule has 0 saturated carbocycles. The highest BCUT2D eigenvalue weighted by atomic mass is 79.9. The summed E-state index contributed by atoms with van der Waals surface area (Å²) in [4.78, 5) is 16.2. The van der Waals surface area contributed by atoms with Gasteiger partial charge in [0.2, 0.25) is 0 Å². The lowest BCUT2D eigenvalue weighted by Gasteiger charge is -2.34. The van der Waals surface area contributed by atoms with E-state index in [4.69, 9.17) is 4.74 Å². The van der Waals surface area contributed by atoms with Gasteiger partial charge in [0.1, 0.15) is 0 Å². The summed E-state index contributed by atoms with van der Waals surface area (Å²) in [6.07, 6.45) is 0. The molecule has 0 bridgehead atoms. The number of rotatable bonds is 2. The molecule has 0 aromatic heterocycles. The average molecular weight is 313 g/mol. The molecule has 0 aliphatic carbocycles. The van der Waals surface area contributed by atoms with Crippen LogP contribution in [0.15, 0.2) is 22.7 Å².